The van der Waals surface area contributed by atoms with E-state index >= 15 is 0 Å². The van der Waals surface area contributed by atoms with Crippen LogP contribution in [0.4, 0.5) is 0 Å². The lowest BCUT2D eigenvalue weighted by atomic mass is 9.98. The second-order valence-corrected chi connectivity index (χ2v) is 13.6. The zero-order valence-electron chi connectivity index (χ0n) is 16.9. The van der Waals surface area contributed by atoms with Gasteiger partial charge in [-0.05, 0) is 29.8 Å². The van der Waals surface area contributed by atoms with Crippen molar-refractivity contribution in [2.75, 3.05) is 6.61 Å². The third kappa shape index (κ3) is 4.81. The Kier molecular flexibility index (Phi) is 5.79. The average Bonchev–Trinajstić information content (AvgIpc) is 2.98. The van der Waals surface area contributed by atoms with E-state index in [9.17, 15) is 4.79 Å². The fourth-order valence-corrected chi connectivity index (χ4v) is 3.86. The Morgan fingerprint density at radius 3 is 2.48 bits per heavy atom. The molecular weight excluding hydrogens is 360 g/mol. The molecule has 5 nitrogen and oxygen atoms in total. The molecule has 0 aromatic heterocycles. The van der Waals surface area contributed by atoms with Crippen LogP contribution in [0.25, 0.3) is 0 Å². The van der Waals surface area contributed by atoms with Crippen molar-refractivity contribution in [1.82, 2.24) is 0 Å². The number of esters is 1. The molecule has 0 radical (unpaired) electrons. The van der Waals surface area contributed by atoms with Crippen molar-refractivity contribution in [3.8, 4) is 0 Å². The lowest BCUT2D eigenvalue weighted by molar-refractivity contribution is -0.176. The maximum atomic E-state index is 11.8. The summed E-state index contributed by atoms with van der Waals surface area (Å²) >= 11 is 0. The van der Waals surface area contributed by atoms with Crippen molar-refractivity contribution in [1.29, 1.82) is 0 Å². The van der Waals surface area contributed by atoms with Gasteiger partial charge in [0.15, 0.2) is 8.32 Å². The first kappa shape index (κ1) is 20.1. The van der Waals surface area contributed by atoms with Gasteiger partial charge in [-0.3, -0.25) is 4.79 Å². The number of ether oxygens (including phenoxy) is 3. The molecule has 1 saturated heterocycles. The third-order valence-electron chi connectivity index (χ3n) is 5.70. The molecular formula is C21H30O5Si. The topological polar surface area (TPSA) is 54.0 Å². The van der Waals surface area contributed by atoms with Gasteiger partial charge in [0.1, 0.15) is 11.9 Å². The second-order valence-electron chi connectivity index (χ2n) is 8.79. The minimum Gasteiger partial charge on any atom is -0.467 e. The average molecular weight is 391 g/mol. The van der Waals surface area contributed by atoms with Gasteiger partial charge in [-0.2, -0.15) is 0 Å². The summed E-state index contributed by atoms with van der Waals surface area (Å²) in [5.41, 5.74) is 1.07. The largest absolute Gasteiger partial charge is 0.467 e. The first-order valence-corrected chi connectivity index (χ1v) is 12.4. The van der Waals surface area contributed by atoms with Crippen molar-refractivity contribution in [3.05, 3.63) is 47.7 Å². The Bertz CT molecular complexity index is 692. The SMILES string of the molecule is CC(C)(C)[Si](C)(C)OCC1=C[C@H]2OC(=O)C[C@H]2[C@@H](OCc2ccccc2)O1. The molecule has 0 spiro atoms. The van der Waals surface area contributed by atoms with Crippen LogP contribution in [-0.2, 0) is 30.0 Å². The summed E-state index contributed by atoms with van der Waals surface area (Å²) in [4.78, 5) is 11.8. The molecule has 0 bridgehead atoms. The lowest BCUT2D eigenvalue weighted by Crippen LogP contribution is -2.42. The summed E-state index contributed by atoms with van der Waals surface area (Å²) in [5, 5.41) is 0.119. The molecule has 1 fully saturated rings. The van der Waals surface area contributed by atoms with Crippen LogP contribution >= 0.6 is 0 Å². The molecule has 0 aliphatic carbocycles. The van der Waals surface area contributed by atoms with Crippen molar-refractivity contribution in [2.24, 2.45) is 5.92 Å². The molecule has 0 saturated carbocycles. The van der Waals surface area contributed by atoms with E-state index in [-0.39, 0.29) is 23.0 Å². The van der Waals surface area contributed by atoms with E-state index in [1.165, 1.54) is 0 Å². The first-order chi connectivity index (χ1) is 12.7. The minimum absolute atomic E-state index is 0.113. The number of rotatable bonds is 6. The Morgan fingerprint density at radius 1 is 1.11 bits per heavy atom. The van der Waals surface area contributed by atoms with Crippen LogP contribution in [0.1, 0.15) is 32.8 Å². The van der Waals surface area contributed by atoms with E-state index in [1.54, 1.807) is 0 Å². The predicted octanol–water partition coefficient (Wildman–Crippen LogP) is 4.40. The Labute approximate surface area is 162 Å². The summed E-state index contributed by atoms with van der Waals surface area (Å²) in [7, 11) is -1.90. The van der Waals surface area contributed by atoms with Crippen LogP contribution in [0.15, 0.2) is 42.2 Å². The summed E-state index contributed by atoms with van der Waals surface area (Å²) in [6.07, 6.45) is 1.39. The zero-order chi connectivity index (χ0) is 19.7. The molecule has 2 heterocycles. The second kappa shape index (κ2) is 7.77. The monoisotopic (exact) mass is 390 g/mol. The van der Waals surface area contributed by atoms with E-state index in [0.29, 0.717) is 25.4 Å². The summed E-state index contributed by atoms with van der Waals surface area (Å²) in [5.74, 6) is 0.372. The van der Waals surface area contributed by atoms with Gasteiger partial charge in [-0.25, -0.2) is 0 Å². The molecule has 2 aliphatic rings. The highest BCUT2D eigenvalue weighted by atomic mass is 28.4. The van der Waals surface area contributed by atoms with E-state index in [2.05, 4.69) is 33.9 Å². The minimum atomic E-state index is -1.90. The molecule has 1 aromatic carbocycles. The number of carbonyl (C=O) groups is 1. The van der Waals surface area contributed by atoms with Gasteiger partial charge in [0.25, 0.3) is 0 Å². The normalized spacial score (nSPS) is 25.4. The molecule has 0 N–H and O–H groups in total. The van der Waals surface area contributed by atoms with Gasteiger partial charge < -0.3 is 18.6 Å². The third-order valence-corrected chi connectivity index (χ3v) is 10.2. The molecule has 6 heteroatoms. The Hall–Kier alpha value is -1.63. The zero-order valence-corrected chi connectivity index (χ0v) is 17.9. The van der Waals surface area contributed by atoms with Gasteiger partial charge in [-0.1, -0.05) is 51.1 Å². The van der Waals surface area contributed by atoms with Crippen LogP contribution < -0.4 is 0 Å². The van der Waals surface area contributed by atoms with Gasteiger partial charge >= 0.3 is 5.97 Å². The molecule has 1 aromatic rings. The number of fused-ring (bicyclic) bond motifs is 1. The van der Waals surface area contributed by atoms with E-state index in [4.69, 9.17) is 18.6 Å². The van der Waals surface area contributed by atoms with Crippen molar-refractivity contribution < 1.29 is 23.4 Å². The number of carbonyl (C=O) groups excluding carboxylic acids is 1. The fraction of sp³-hybridized carbons (Fsp3) is 0.571. The summed E-state index contributed by atoms with van der Waals surface area (Å²) in [6.45, 7) is 11.8. The van der Waals surface area contributed by atoms with Crippen LogP contribution in [0.3, 0.4) is 0 Å². The molecule has 27 heavy (non-hydrogen) atoms. The fourth-order valence-electron chi connectivity index (χ4n) is 2.92. The number of hydrogen-bond donors (Lipinski definition) is 0. The van der Waals surface area contributed by atoms with Crippen LogP contribution in [0.2, 0.25) is 18.1 Å². The summed E-state index contributed by atoms with van der Waals surface area (Å²) in [6, 6.07) is 9.94. The number of benzene rings is 1. The van der Waals surface area contributed by atoms with Crippen LogP contribution in [-0.4, -0.2) is 33.3 Å². The van der Waals surface area contributed by atoms with Crippen LogP contribution in [0.5, 0.6) is 0 Å². The van der Waals surface area contributed by atoms with Gasteiger partial charge in [0.2, 0.25) is 6.29 Å². The van der Waals surface area contributed by atoms with E-state index in [1.807, 2.05) is 36.4 Å². The smallest absolute Gasteiger partial charge is 0.307 e. The number of hydrogen-bond acceptors (Lipinski definition) is 5. The van der Waals surface area contributed by atoms with E-state index < -0.39 is 14.6 Å². The molecule has 3 rings (SSSR count). The molecule has 0 unspecified atom stereocenters. The van der Waals surface area contributed by atoms with Crippen LogP contribution in [0, 0.1) is 5.92 Å². The quantitative estimate of drug-likeness (QED) is 0.532. The van der Waals surface area contributed by atoms with Crippen molar-refractivity contribution >= 4 is 14.3 Å². The first-order valence-electron chi connectivity index (χ1n) is 9.52. The maximum Gasteiger partial charge on any atom is 0.307 e. The molecule has 148 valence electrons. The Morgan fingerprint density at radius 2 is 1.81 bits per heavy atom. The van der Waals surface area contributed by atoms with Gasteiger partial charge in [0, 0.05) is 0 Å². The highest BCUT2D eigenvalue weighted by molar-refractivity contribution is 6.74. The van der Waals surface area contributed by atoms with E-state index in [0.717, 1.165) is 5.56 Å². The highest BCUT2D eigenvalue weighted by Gasteiger charge is 2.45. The maximum absolute atomic E-state index is 11.8. The Balaban J connectivity index is 1.67. The lowest BCUT2D eigenvalue weighted by Gasteiger charge is -2.37. The highest BCUT2D eigenvalue weighted by Crippen LogP contribution is 2.38. The predicted molar refractivity (Wildman–Crippen MR) is 105 cm³/mol. The van der Waals surface area contributed by atoms with Gasteiger partial charge in [-0.15, -0.1) is 0 Å². The molecule has 2 aliphatic heterocycles. The summed E-state index contributed by atoms with van der Waals surface area (Å²) < 4.78 is 23.8. The molecule has 0 amide bonds. The molecule has 3 atom stereocenters. The van der Waals surface area contributed by atoms with Crippen molar-refractivity contribution in [3.63, 3.8) is 0 Å². The van der Waals surface area contributed by atoms with Gasteiger partial charge in [0.05, 0.1) is 25.6 Å². The standard InChI is InChI=1S/C21H30O5Si/c1-21(2,3)27(4,5)24-14-16-11-18-17(12-19(22)26-18)20(25-16)23-13-15-9-7-6-8-10-15/h6-11,17-18,20H,12-14H2,1-5H3/t17-,18-,20+/m1/s1. The van der Waals surface area contributed by atoms with Crippen molar-refractivity contribution in [2.45, 2.75) is 64.3 Å².